The third-order valence-electron chi connectivity index (χ3n) is 4.77. The van der Waals surface area contributed by atoms with E-state index in [0.717, 1.165) is 42.7 Å². The Kier molecular flexibility index (Phi) is 4.65. The van der Waals surface area contributed by atoms with Gasteiger partial charge in [0.05, 0.1) is 12.7 Å². The summed E-state index contributed by atoms with van der Waals surface area (Å²) >= 11 is 0. The number of aromatic nitrogens is 1. The van der Waals surface area contributed by atoms with Gasteiger partial charge in [-0.25, -0.2) is 0 Å². The van der Waals surface area contributed by atoms with Crippen molar-refractivity contribution >= 4 is 5.91 Å². The molecule has 25 heavy (non-hydrogen) atoms. The minimum absolute atomic E-state index is 0.0362. The van der Waals surface area contributed by atoms with E-state index in [1.165, 1.54) is 0 Å². The smallest absolute Gasteiger partial charge is 0.254 e. The molecule has 0 N–H and O–H groups in total. The first-order valence-electron chi connectivity index (χ1n) is 8.85. The lowest BCUT2D eigenvalue weighted by molar-refractivity contribution is 0.0507. The van der Waals surface area contributed by atoms with Crippen molar-refractivity contribution in [2.45, 2.75) is 31.9 Å². The van der Waals surface area contributed by atoms with E-state index in [4.69, 9.17) is 9.47 Å². The number of hydrogen-bond acceptors (Lipinski definition) is 4. The number of carbonyl (C=O) groups is 1. The van der Waals surface area contributed by atoms with Crippen LogP contribution in [-0.4, -0.2) is 41.7 Å². The summed E-state index contributed by atoms with van der Waals surface area (Å²) in [6, 6.07) is 9.63. The quantitative estimate of drug-likeness (QED) is 0.841. The second-order valence-corrected chi connectivity index (χ2v) is 6.60. The maximum Gasteiger partial charge on any atom is 0.254 e. The van der Waals surface area contributed by atoms with E-state index in [-0.39, 0.29) is 12.0 Å². The van der Waals surface area contributed by atoms with Crippen molar-refractivity contribution in [3.8, 4) is 5.75 Å². The lowest BCUT2D eigenvalue weighted by Crippen LogP contribution is -2.37. The Hall–Kier alpha value is -2.40. The molecule has 1 saturated heterocycles. The molecule has 1 aromatic carbocycles. The number of benzene rings is 1. The largest absolute Gasteiger partial charge is 0.493 e. The normalized spacial score (nSPS) is 18.6. The SMILES string of the molecule is O=C(c1ccc2c(c1)CCO2)N(Cc1cccnc1)C[C@@H]1CCCO1. The topological polar surface area (TPSA) is 51.7 Å². The molecule has 0 spiro atoms. The van der Waals surface area contributed by atoms with Crippen LogP contribution in [0.15, 0.2) is 42.7 Å². The van der Waals surface area contributed by atoms with Gasteiger partial charge in [-0.15, -0.1) is 0 Å². The van der Waals surface area contributed by atoms with Gasteiger partial charge in [0, 0.05) is 44.1 Å². The Morgan fingerprint density at radius 1 is 1.28 bits per heavy atom. The van der Waals surface area contributed by atoms with Crippen LogP contribution in [0.4, 0.5) is 0 Å². The molecule has 0 aliphatic carbocycles. The molecule has 1 fully saturated rings. The van der Waals surface area contributed by atoms with Crippen LogP contribution in [0.25, 0.3) is 0 Å². The van der Waals surface area contributed by atoms with Crippen LogP contribution >= 0.6 is 0 Å². The van der Waals surface area contributed by atoms with Crippen molar-refractivity contribution in [3.63, 3.8) is 0 Å². The fourth-order valence-corrected chi connectivity index (χ4v) is 3.47. The maximum atomic E-state index is 13.1. The van der Waals surface area contributed by atoms with Gasteiger partial charge in [-0.1, -0.05) is 6.07 Å². The maximum absolute atomic E-state index is 13.1. The zero-order valence-electron chi connectivity index (χ0n) is 14.2. The summed E-state index contributed by atoms with van der Waals surface area (Å²) in [7, 11) is 0. The van der Waals surface area contributed by atoms with Crippen LogP contribution in [0.3, 0.4) is 0 Å². The second kappa shape index (κ2) is 7.23. The lowest BCUT2D eigenvalue weighted by Gasteiger charge is -2.26. The van der Waals surface area contributed by atoms with Gasteiger partial charge in [0.2, 0.25) is 0 Å². The number of carbonyl (C=O) groups excluding carboxylic acids is 1. The Bertz CT molecular complexity index is 742. The number of hydrogen-bond donors (Lipinski definition) is 0. The lowest BCUT2D eigenvalue weighted by atomic mass is 10.1. The standard InChI is InChI=1S/C20H22N2O3/c23-20(17-5-6-19-16(11-17)7-10-25-19)22(14-18-4-2-9-24-18)13-15-3-1-8-21-12-15/h1,3,5-6,8,11-12,18H,2,4,7,9-10,13-14H2/t18-/m0/s1. The average Bonchev–Trinajstić information content (AvgIpc) is 3.32. The van der Waals surface area contributed by atoms with Gasteiger partial charge in [-0.05, 0) is 48.2 Å². The molecule has 3 heterocycles. The zero-order chi connectivity index (χ0) is 17.1. The highest BCUT2D eigenvalue weighted by molar-refractivity contribution is 5.94. The van der Waals surface area contributed by atoms with Crippen molar-refractivity contribution < 1.29 is 14.3 Å². The summed E-state index contributed by atoms with van der Waals surface area (Å²) in [5, 5.41) is 0. The Morgan fingerprint density at radius 3 is 3.04 bits per heavy atom. The van der Waals surface area contributed by atoms with Gasteiger partial charge in [-0.3, -0.25) is 9.78 Å². The Labute approximate surface area is 147 Å². The van der Waals surface area contributed by atoms with Gasteiger partial charge in [0.15, 0.2) is 0 Å². The average molecular weight is 338 g/mol. The number of fused-ring (bicyclic) bond motifs is 1. The van der Waals surface area contributed by atoms with Gasteiger partial charge in [0.1, 0.15) is 5.75 Å². The van der Waals surface area contributed by atoms with Crippen LogP contribution in [0, 0.1) is 0 Å². The highest BCUT2D eigenvalue weighted by Crippen LogP contribution is 2.27. The van der Waals surface area contributed by atoms with E-state index < -0.39 is 0 Å². The molecule has 5 heteroatoms. The summed E-state index contributed by atoms with van der Waals surface area (Å²) < 4.78 is 11.3. The molecule has 0 bridgehead atoms. The van der Waals surface area contributed by atoms with E-state index in [2.05, 4.69) is 4.98 Å². The molecule has 1 aromatic heterocycles. The van der Waals surface area contributed by atoms with E-state index >= 15 is 0 Å². The number of amides is 1. The van der Waals surface area contributed by atoms with Crippen molar-refractivity contribution in [3.05, 3.63) is 59.4 Å². The predicted octanol–water partition coefficient (Wildman–Crippen LogP) is 2.84. The van der Waals surface area contributed by atoms with Gasteiger partial charge < -0.3 is 14.4 Å². The summed E-state index contributed by atoms with van der Waals surface area (Å²) in [5.74, 6) is 0.934. The Morgan fingerprint density at radius 2 is 2.24 bits per heavy atom. The summed E-state index contributed by atoms with van der Waals surface area (Å²) in [5.41, 5.74) is 2.86. The molecule has 0 saturated carbocycles. The minimum Gasteiger partial charge on any atom is -0.493 e. The number of pyridine rings is 1. The molecule has 2 aliphatic heterocycles. The molecular weight excluding hydrogens is 316 g/mol. The number of ether oxygens (including phenoxy) is 2. The highest BCUT2D eigenvalue weighted by Gasteiger charge is 2.25. The third-order valence-corrected chi connectivity index (χ3v) is 4.77. The molecule has 4 rings (SSSR count). The molecule has 130 valence electrons. The van der Waals surface area contributed by atoms with Crippen molar-refractivity contribution in [1.29, 1.82) is 0 Å². The third kappa shape index (κ3) is 3.66. The van der Waals surface area contributed by atoms with E-state index in [9.17, 15) is 4.79 Å². The van der Waals surface area contributed by atoms with Gasteiger partial charge in [-0.2, -0.15) is 0 Å². The van der Waals surface area contributed by atoms with Crippen LogP contribution in [0.1, 0.15) is 34.3 Å². The molecule has 5 nitrogen and oxygen atoms in total. The fourth-order valence-electron chi connectivity index (χ4n) is 3.47. The van der Waals surface area contributed by atoms with Crippen LogP contribution < -0.4 is 4.74 Å². The molecule has 2 aliphatic rings. The van der Waals surface area contributed by atoms with Gasteiger partial charge in [0.25, 0.3) is 5.91 Å². The van der Waals surface area contributed by atoms with Crippen molar-refractivity contribution in [2.24, 2.45) is 0 Å². The first kappa shape index (κ1) is 16.1. The van der Waals surface area contributed by atoms with E-state index in [1.807, 2.05) is 41.4 Å². The van der Waals surface area contributed by atoms with E-state index in [0.29, 0.717) is 25.3 Å². The monoisotopic (exact) mass is 338 g/mol. The molecule has 0 unspecified atom stereocenters. The first-order chi connectivity index (χ1) is 12.3. The molecule has 1 amide bonds. The molecule has 0 radical (unpaired) electrons. The summed E-state index contributed by atoms with van der Waals surface area (Å²) in [4.78, 5) is 19.2. The predicted molar refractivity (Wildman–Crippen MR) is 93.6 cm³/mol. The zero-order valence-corrected chi connectivity index (χ0v) is 14.2. The number of nitrogens with zero attached hydrogens (tertiary/aromatic N) is 2. The fraction of sp³-hybridized carbons (Fsp3) is 0.400. The highest BCUT2D eigenvalue weighted by atomic mass is 16.5. The molecule has 2 aromatic rings. The van der Waals surface area contributed by atoms with Crippen molar-refractivity contribution in [1.82, 2.24) is 9.88 Å². The summed E-state index contributed by atoms with van der Waals surface area (Å²) in [6.07, 6.45) is 6.62. The minimum atomic E-state index is 0.0362. The van der Waals surface area contributed by atoms with Crippen LogP contribution in [0.2, 0.25) is 0 Å². The van der Waals surface area contributed by atoms with Crippen LogP contribution in [-0.2, 0) is 17.7 Å². The van der Waals surface area contributed by atoms with Crippen LogP contribution in [0.5, 0.6) is 5.75 Å². The molecular formula is C20H22N2O3. The number of rotatable bonds is 5. The van der Waals surface area contributed by atoms with Gasteiger partial charge >= 0.3 is 0 Å². The first-order valence-corrected chi connectivity index (χ1v) is 8.85. The van der Waals surface area contributed by atoms with Crippen molar-refractivity contribution in [2.75, 3.05) is 19.8 Å². The summed E-state index contributed by atoms with van der Waals surface area (Å²) in [6.45, 7) is 2.64. The Balaban J connectivity index is 1.56. The van der Waals surface area contributed by atoms with E-state index in [1.54, 1.807) is 6.20 Å². The molecule has 1 atom stereocenters. The second-order valence-electron chi connectivity index (χ2n) is 6.60.